The van der Waals surface area contributed by atoms with E-state index in [1.54, 1.807) is 0 Å². The van der Waals surface area contributed by atoms with Crippen molar-refractivity contribution in [3.63, 3.8) is 0 Å². The van der Waals surface area contributed by atoms with E-state index < -0.39 is 52.0 Å². The molecule has 0 saturated carbocycles. The minimum atomic E-state index is -7.00. The van der Waals surface area contributed by atoms with Crippen molar-refractivity contribution < 1.29 is 52.7 Å². The Labute approximate surface area is 137 Å². The van der Waals surface area contributed by atoms with Crippen molar-refractivity contribution >= 4 is 25.7 Å². The van der Waals surface area contributed by atoms with Crippen LogP contribution in [0.5, 0.6) is 11.5 Å². The van der Waals surface area contributed by atoms with Gasteiger partial charge in [0.15, 0.2) is 0 Å². The van der Waals surface area contributed by atoms with Crippen molar-refractivity contribution in [3.05, 3.63) is 18.2 Å². The molecule has 0 aromatic heterocycles. The molecule has 1 aromatic carbocycles. The number of ether oxygens (including phenoxy) is 2. The molecule has 0 amide bonds. The van der Waals surface area contributed by atoms with Crippen molar-refractivity contribution in [2.75, 3.05) is 17.9 Å². The molecule has 0 saturated heterocycles. The Kier molecular flexibility index (Phi) is 5.44. The Bertz CT molecular complexity index is 802. The van der Waals surface area contributed by atoms with Crippen LogP contribution in [-0.4, -0.2) is 42.1 Å². The third-order valence-corrected chi connectivity index (χ3v) is 6.22. The first-order valence-electron chi connectivity index (χ1n) is 5.76. The van der Waals surface area contributed by atoms with Gasteiger partial charge in [-0.3, -0.25) is 0 Å². The molecule has 0 fully saturated rings. The van der Waals surface area contributed by atoms with Crippen molar-refractivity contribution in [1.29, 1.82) is 0 Å². The van der Waals surface area contributed by atoms with Crippen molar-refractivity contribution in [2.24, 2.45) is 0 Å². The predicted molar refractivity (Wildman–Crippen MR) is 72.0 cm³/mol. The van der Waals surface area contributed by atoms with Gasteiger partial charge >= 0.3 is 31.1 Å². The van der Waals surface area contributed by atoms with E-state index in [1.807, 2.05) is 0 Å². The molecule has 0 aliphatic heterocycles. The Balaban J connectivity index is 3.96. The van der Waals surface area contributed by atoms with Gasteiger partial charge in [0, 0.05) is 6.07 Å². The van der Waals surface area contributed by atoms with Crippen LogP contribution in [0.3, 0.4) is 0 Å². The summed E-state index contributed by atoms with van der Waals surface area (Å²) in [4.78, 5) is 0. The molecule has 0 aliphatic carbocycles. The monoisotopic (exact) mass is 417 g/mol. The van der Waals surface area contributed by atoms with Gasteiger partial charge in [0.1, 0.15) is 17.2 Å². The lowest BCUT2D eigenvalue weighted by Crippen LogP contribution is -2.49. The van der Waals surface area contributed by atoms with Crippen LogP contribution in [0.4, 0.5) is 32.0 Å². The largest absolute Gasteiger partial charge is 0.517 e. The van der Waals surface area contributed by atoms with Gasteiger partial charge < -0.3 is 9.47 Å². The molecular formula is C10H9F6NO6S2. The first kappa shape index (κ1) is 21.1. The topological polar surface area (TPSA) is 90.0 Å². The van der Waals surface area contributed by atoms with Crippen molar-refractivity contribution in [1.82, 2.24) is 0 Å². The maximum Gasteiger partial charge on any atom is 0.517 e. The number of benzene rings is 1. The fraction of sp³-hybridized carbons (Fsp3) is 0.400. The lowest BCUT2D eigenvalue weighted by atomic mass is 10.3. The highest BCUT2D eigenvalue weighted by atomic mass is 32.3. The van der Waals surface area contributed by atoms with Gasteiger partial charge in [-0.2, -0.15) is 43.2 Å². The highest BCUT2D eigenvalue weighted by Gasteiger charge is 2.62. The van der Waals surface area contributed by atoms with Gasteiger partial charge in [0.05, 0.1) is 14.2 Å². The molecule has 0 atom stereocenters. The molecule has 15 heteroatoms. The number of sulfonamides is 2. The minimum absolute atomic E-state index is 0.339. The zero-order chi connectivity index (χ0) is 19.8. The SMILES string of the molecule is COc1ccc(OC)c(N(S(=O)(=O)C(F)(F)F)S(=O)(=O)C(F)(F)F)c1. The van der Waals surface area contributed by atoms with Gasteiger partial charge in [0.25, 0.3) is 0 Å². The zero-order valence-electron chi connectivity index (χ0n) is 12.2. The molecule has 1 rings (SSSR count). The lowest BCUT2D eigenvalue weighted by Gasteiger charge is -2.26. The molecule has 1 aromatic rings. The van der Waals surface area contributed by atoms with Gasteiger partial charge in [-0.25, -0.2) is 0 Å². The summed E-state index contributed by atoms with van der Waals surface area (Å²) in [6.07, 6.45) is 0. The Morgan fingerprint density at radius 3 is 1.60 bits per heavy atom. The summed E-state index contributed by atoms with van der Waals surface area (Å²) in [5.41, 5.74) is -14.2. The highest BCUT2D eigenvalue weighted by Crippen LogP contribution is 2.43. The fourth-order valence-electron chi connectivity index (χ4n) is 1.52. The van der Waals surface area contributed by atoms with Crippen LogP contribution in [0.15, 0.2) is 18.2 Å². The summed E-state index contributed by atoms with van der Waals surface area (Å²) in [6.45, 7) is 0. The number of hydrogen-bond acceptors (Lipinski definition) is 6. The number of rotatable bonds is 5. The van der Waals surface area contributed by atoms with Crippen LogP contribution < -0.4 is 13.2 Å². The second-order valence-electron chi connectivity index (χ2n) is 4.14. The second-order valence-corrected chi connectivity index (χ2v) is 7.92. The summed E-state index contributed by atoms with van der Waals surface area (Å²) in [7, 11) is -12.3. The molecule has 0 unspecified atom stereocenters. The average molecular weight is 417 g/mol. The van der Waals surface area contributed by atoms with Gasteiger partial charge in [-0.1, -0.05) is 0 Å². The number of halogens is 6. The number of methoxy groups -OCH3 is 2. The normalized spacial score (nSPS) is 13.4. The summed E-state index contributed by atoms with van der Waals surface area (Å²) in [5.74, 6) is -1.31. The van der Waals surface area contributed by atoms with E-state index in [0.717, 1.165) is 26.4 Å². The number of anilines is 1. The average Bonchev–Trinajstić information content (AvgIpc) is 2.44. The van der Waals surface area contributed by atoms with E-state index in [2.05, 4.69) is 9.47 Å². The smallest absolute Gasteiger partial charge is 0.497 e. The first-order valence-corrected chi connectivity index (χ1v) is 8.64. The standard InChI is InChI=1S/C10H9F6NO6S2/c1-22-6-3-4-8(23-2)7(5-6)17(24(18,19)9(11,12)13)25(20,21)10(14,15)16/h3-5H,1-2H3. The fourth-order valence-corrected chi connectivity index (χ4v) is 4.24. The highest BCUT2D eigenvalue weighted by molar-refractivity contribution is 8.11. The quantitative estimate of drug-likeness (QED) is 0.683. The molecule has 7 nitrogen and oxygen atoms in total. The first-order chi connectivity index (χ1) is 11.1. The van der Waals surface area contributed by atoms with Gasteiger partial charge in [0.2, 0.25) is 0 Å². The number of alkyl halides is 6. The maximum atomic E-state index is 12.8. The van der Waals surface area contributed by atoms with Gasteiger partial charge in [-0.15, -0.1) is 3.71 Å². The summed E-state index contributed by atoms with van der Waals surface area (Å²) in [5, 5.41) is 0. The van der Waals surface area contributed by atoms with E-state index in [-0.39, 0.29) is 0 Å². The van der Waals surface area contributed by atoms with E-state index in [9.17, 15) is 43.2 Å². The molecule has 0 radical (unpaired) electrons. The minimum Gasteiger partial charge on any atom is -0.497 e. The van der Waals surface area contributed by atoms with Crippen LogP contribution in [0.2, 0.25) is 0 Å². The summed E-state index contributed by atoms with van der Waals surface area (Å²) >= 11 is 0. The van der Waals surface area contributed by atoms with Crippen LogP contribution in [0, 0.1) is 0 Å². The number of hydrogen-bond donors (Lipinski definition) is 0. The molecular weight excluding hydrogens is 408 g/mol. The van der Waals surface area contributed by atoms with Gasteiger partial charge in [-0.05, 0) is 12.1 Å². The maximum absolute atomic E-state index is 12.8. The van der Waals surface area contributed by atoms with E-state index in [0.29, 0.717) is 6.07 Å². The molecule has 0 N–H and O–H groups in total. The Morgan fingerprint density at radius 1 is 0.840 bits per heavy atom. The van der Waals surface area contributed by atoms with Crippen LogP contribution >= 0.6 is 0 Å². The molecule has 0 heterocycles. The molecule has 0 bridgehead atoms. The Hall–Kier alpha value is -1.90. The molecule has 144 valence electrons. The molecule has 0 aliphatic rings. The van der Waals surface area contributed by atoms with Crippen LogP contribution in [0.25, 0.3) is 0 Å². The third-order valence-electron chi connectivity index (χ3n) is 2.60. The number of nitrogens with zero attached hydrogens (tertiary/aromatic N) is 1. The van der Waals surface area contributed by atoms with Crippen molar-refractivity contribution in [2.45, 2.75) is 11.0 Å². The zero-order valence-corrected chi connectivity index (χ0v) is 13.8. The summed E-state index contributed by atoms with van der Waals surface area (Å²) in [6, 6.07) is 2.07. The third kappa shape index (κ3) is 3.70. The van der Waals surface area contributed by atoms with Crippen LogP contribution in [0.1, 0.15) is 0 Å². The predicted octanol–water partition coefficient (Wildman–Crippen LogP) is 2.21. The van der Waals surface area contributed by atoms with Crippen molar-refractivity contribution in [3.8, 4) is 11.5 Å². The van der Waals surface area contributed by atoms with E-state index in [4.69, 9.17) is 0 Å². The van der Waals surface area contributed by atoms with Crippen LogP contribution in [-0.2, 0) is 20.0 Å². The molecule has 0 spiro atoms. The second kappa shape index (κ2) is 6.44. The van der Waals surface area contributed by atoms with E-state index >= 15 is 0 Å². The Morgan fingerprint density at radius 2 is 1.28 bits per heavy atom. The molecule has 25 heavy (non-hydrogen) atoms. The lowest BCUT2D eigenvalue weighted by molar-refractivity contribution is -0.0462. The summed E-state index contributed by atoms with van der Waals surface area (Å²) < 4.78 is 130. The van der Waals surface area contributed by atoms with E-state index in [1.165, 1.54) is 0 Å².